The van der Waals surface area contributed by atoms with Crippen molar-refractivity contribution in [1.29, 1.82) is 0 Å². The van der Waals surface area contributed by atoms with Crippen LogP contribution in [0.2, 0.25) is 10.0 Å². The van der Waals surface area contributed by atoms with Gasteiger partial charge in [0.25, 0.3) is 5.56 Å². The summed E-state index contributed by atoms with van der Waals surface area (Å²) in [7, 11) is 4.93. The van der Waals surface area contributed by atoms with E-state index in [9.17, 15) is 14.4 Å². The lowest BCUT2D eigenvalue weighted by atomic mass is 9.97. The molecule has 12 nitrogen and oxygen atoms in total. The van der Waals surface area contributed by atoms with Crippen molar-refractivity contribution in [2.75, 3.05) is 59.4 Å². The van der Waals surface area contributed by atoms with E-state index in [0.29, 0.717) is 67.7 Å². The highest BCUT2D eigenvalue weighted by Crippen LogP contribution is 2.45. The van der Waals surface area contributed by atoms with E-state index >= 15 is 0 Å². The fourth-order valence-electron chi connectivity index (χ4n) is 6.07. The lowest BCUT2D eigenvalue weighted by Gasteiger charge is -2.39. The summed E-state index contributed by atoms with van der Waals surface area (Å²) in [6.45, 7) is 10.0. The molecule has 1 amide bonds. The van der Waals surface area contributed by atoms with Crippen LogP contribution < -0.4 is 20.3 Å². The summed E-state index contributed by atoms with van der Waals surface area (Å²) in [5.41, 5.74) is 0.510. The summed E-state index contributed by atoms with van der Waals surface area (Å²) < 4.78 is 18.2. The van der Waals surface area contributed by atoms with Crippen molar-refractivity contribution in [3.8, 4) is 22.6 Å². The van der Waals surface area contributed by atoms with Crippen LogP contribution in [-0.2, 0) is 20.9 Å². The number of allylic oxidation sites excluding steroid dienone is 1. The van der Waals surface area contributed by atoms with Crippen LogP contribution in [0.4, 0.5) is 5.95 Å². The molecule has 2 aromatic heterocycles. The molecule has 3 atom stereocenters. The summed E-state index contributed by atoms with van der Waals surface area (Å²) in [4.78, 5) is 52.2. The summed E-state index contributed by atoms with van der Waals surface area (Å²) >= 11 is 13.5. The Labute approximate surface area is 282 Å². The van der Waals surface area contributed by atoms with Crippen LogP contribution in [-0.4, -0.2) is 102 Å². The van der Waals surface area contributed by atoms with Gasteiger partial charge in [-0.1, -0.05) is 36.4 Å². The average Bonchev–Trinajstić information content (AvgIpc) is 3.50. The maximum absolute atomic E-state index is 14.4. The Morgan fingerprint density at radius 1 is 1.11 bits per heavy atom. The van der Waals surface area contributed by atoms with Gasteiger partial charge in [-0.15, -0.1) is 0 Å². The molecule has 3 aromatic rings. The number of fused-ring (bicyclic) bond motifs is 1. The van der Waals surface area contributed by atoms with Crippen LogP contribution in [0.15, 0.2) is 48.4 Å². The third-order valence-corrected chi connectivity index (χ3v) is 9.57. The van der Waals surface area contributed by atoms with E-state index in [1.54, 1.807) is 27.8 Å². The number of ether oxygens (including phenoxy) is 3. The van der Waals surface area contributed by atoms with Gasteiger partial charge in [-0.05, 0) is 31.7 Å². The number of likely N-dealkylation sites (N-methyl/N-ethyl adjacent to an activating group) is 1. The normalized spacial score (nSPS) is 19.9. The largest absolute Gasteiger partial charge is 0.495 e. The number of piperazine rings is 1. The minimum absolute atomic E-state index is 0.0272. The molecule has 2 aliphatic heterocycles. The van der Waals surface area contributed by atoms with E-state index in [-0.39, 0.29) is 69.4 Å². The number of hydrogen-bond donors (Lipinski definition) is 1. The maximum atomic E-state index is 14.4. The van der Waals surface area contributed by atoms with Crippen molar-refractivity contribution in [3.63, 3.8) is 0 Å². The lowest BCUT2D eigenvalue weighted by molar-refractivity contribution is -0.128. The molecule has 5 rings (SSSR count). The SMILES string of the molecule is C=CC(=O)C[C@H]1COC[C@H]1Nc1ncc2cc(-c3c(Cl)c(OC)cc(OC)c3Cl)c(=O)n(CCC3CN(C(=O)C=C)CCN3C)c2n1. The molecular formula is C33H38Cl2N6O6. The molecule has 250 valence electrons. The smallest absolute Gasteiger partial charge is 0.260 e. The zero-order valence-corrected chi connectivity index (χ0v) is 28.1. The third-order valence-electron chi connectivity index (χ3n) is 8.82. The maximum Gasteiger partial charge on any atom is 0.260 e. The monoisotopic (exact) mass is 684 g/mol. The number of carbonyl (C=O) groups is 2. The number of nitrogens with one attached hydrogen (secondary N) is 1. The number of benzene rings is 1. The second-order valence-electron chi connectivity index (χ2n) is 11.6. The van der Waals surface area contributed by atoms with E-state index in [4.69, 9.17) is 42.4 Å². The van der Waals surface area contributed by atoms with Gasteiger partial charge in [0.05, 0.1) is 49.1 Å². The number of amides is 1. The first-order valence-corrected chi connectivity index (χ1v) is 16.0. The van der Waals surface area contributed by atoms with Crippen molar-refractivity contribution in [2.45, 2.75) is 31.5 Å². The number of pyridine rings is 1. The van der Waals surface area contributed by atoms with Crippen molar-refractivity contribution in [2.24, 2.45) is 5.92 Å². The van der Waals surface area contributed by atoms with Crippen molar-refractivity contribution in [1.82, 2.24) is 24.3 Å². The molecule has 1 unspecified atom stereocenters. The van der Waals surface area contributed by atoms with Crippen LogP contribution in [0.5, 0.6) is 11.5 Å². The molecular weight excluding hydrogens is 647 g/mol. The zero-order chi connectivity index (χ0) is 33.8. The second-order valence-corrected chi connectivity index (χ2v) is 12.4. The van der Waals surface area contributed by atoms with Gasteiger partial charge in [-0.3, -0.25) is 23.9 Å². The molecule has 2 aliphatic rings. The first-order valence-electron chi connectivity index (χ1n) is 15.2. The molecule has 1 N–H and O–H groups in total. The predicted octanol–water partition coefficient (Wildman–Crippen LogP) is 4.07. The molecule has 4 heterocycles. The molecule has 0 aliphatic carbocycles. The van der Waals surface area contributed by atoms with Gasteiger partial charge in [-0.25, -0.2) is 4.98 Å². The predicted molar refractivity (Wildman–Crippen MR) is 182 cm³/mol. The van der Waals surface area contributed by atoms with Crippen molar-refractivity contribution < 1.29 is 23.8 Å². The van der Waals surface area contributed by atoms with Gasteiger partial charge in [0, 0.05) is 67.8 Å². The molecule has 1 aromatic carbocycles. The van der Waals surface area contributed by atoms with E-state index in [0.717, 1.165) is 0 Å². The van der Waals surface area contributed by atoms with Gasteiger partial charge >= 0.3 is 0 Å². The minimum atomic E-state index is -0.377. The van der Waals surface area contributed by atoms with E-state index in [2.05, 4.69) is 28.4 Å². The van der Waals surface area contributed by atoms with Crippen LogP contribution in [0.1, 0.15) is 12.8 Å². The molecule has 47 heavy (non-hydrogen) atoms. The number of carbonyl (C=O) groups excluding carboxylic acids is 2. The number of halogens is 2. The fourth-order valence-corrected chi connectivity index (χ4v) is 6.77. The summed E-state index contributed by atoms with van der Waals surface area (Å²) in [6.07, 6.45) is 5.08. The minimum Gasteiger partial charge on any atom is -0.495 e. The standard InChI is InChI=1S/C33H38Cl2N6O6/c1-6-22(42)12-20-17-47-18-24(20)37-33-36-15-19-13-23(28-29(34)25(45-4)14-26(46-5)30(28)35)32(44)41(31(19)38-33)9-8-21-16-40(27(43)7-2)11-10-39(21)3/h6-7,13-15,20-21,24H,1-2,8-12,16-18H2,3-5H3,(H,36,37,38)/t20-,21?,24+/m0/s1. The summed E-state index contributed by atoms with van der Waals surface area (Å²) in [5, 5.41) is 4.19. The van der Waals surface area contributed by atoms with E-state index in [1.807, 2.05) is 7.05 Å². The highest BCUT2D eigenvalue weighted by atomic mass is 35.5. The zero-order valence-electron chi connectivity index (χ0n) is 26.6. The molecule has 0 bridgehead atoms. The molecule has 14 heteroatoms. The third kappa shape index (κ3) is 7.15. The van der Waals surface area contributed by atoms with Crippen LogP contribution in [0.3, 0.4) is 0 Å². The molecule has 0 spiro atoms. The quantitative estimate of drug-likeness (QED) is 0.279. The Morgan fingerprint density at radius 3 is 2.49 bits per heavy atom. The molecule has 2 fully saturated rings. The lowest BCUT2D eigenvalue weighted by Crippen LogP contribution is -2.53. The van der Waals surface area contributed by atoms with Gasteiger partial charge < -0.3 is 24.4 Å². The Morgan fingerprint density at radius 2 is 1.83 bits per heavy atom. The second kappa shape index (κ2) is 14.8. The van der Waals surface area contributed by atoms with Crippen molar-refractivity contribution >= 4 is 51.9 Å². The van der Waals surface area contributed by atoms with E-state index < -0.39 is 0 Å². The van der Waals surface area contributed by atoms with Gasteiger partial charge in [0.1, 0.15) is 17.1 Å². The molecule has 0 saturated carbocycles. The number of nitrogens with zero attached hydrogens (tertiary/aromatic N) is 5. The number of aromatic nitrogens is 3. The highest BCUT2D eigenvalue weighted by molar-refractivity contribution is 6.41. The number of methoxy groups -OCH3 is 2. The first-order chi connectivity index (χ1) is 22.6. The number of rotatable bonds is 12. The summed E-state index contributed by atoms with van der Waals surface area (Å²) in [6, 6.07) is 2.99. The number of hydrogen-bond acceptors (Lipinski definition) is 10. The number of ketones is 1. The Kier molecular flexibility index (Phi) is 10.9. The number of anilines is 1. The first kappa shape index (κ1) is 34.4. The van der Waals surface area contributed by atoms with Crippen molar-refractivity contribution in [3.05, 3.63) is 64.0 Å². The average molecular weight is 686 g/mol. The van der Waals surface area contributed by atoms with Crippen LogP contribution in [0, 0.1) is 5.92 Å². The molecule has 0 radical (unpaired) electrons. The van der Waals surface area contributed by atoms with Gasteiger partial charge in [-0.2, -0.15) is 4.98 Å². The Hall–Kier alpha value is -3.97. The van der Waals surface area contributed by atoms with E-state index in [1.165, 1.54) is 26.4 Å². The van der Waals surface area contributed by atoms with Crippen LogP contribution in [0.25, 0.3) is 22.2 Å². The number of aryl methyl sites for hydroxylation is 1. The van der Waals surface area contributed by atoms with Gasteiger partial charge in [0.2, 0.25) is 11.9 Å². The topological polar surface area (TPSA) is 128 Å². The summed E-state index contributed by atoms with van der Waals surface area (Å²) in [5.74, 6) is 0.603. The fraction of sp³-hybridized carbons (Fsp3) is 0.424. The molecule has 2 saturated heterocycles. The van der Waals surface area contributed by atoms with Crippen LogP contribution >= 0.6 is 23.2 Å². The Balaban J connectivity index is 1.59. The highest BCUT2D eigenvalue weighted by Gasteiger charge is 2.31. The van der Waals surface area contributed by atoms with Gasteiger partial charge in [0.15, 0.2) is 5.78 Å². The Bertz CT molecular complexity index is 1740.